The minimum Gasteiger partial charge on any atom is -0.303 e. The highest BCUT2D eigenvalue weighted by molar-refractivity contribution is 7.91. The Morgan fingerprint density at radius 2 is 0.564 bits per heavy atom. The first-order valence-electron chi connectivity index (χ1n) is 18.7. The average molecular weight is 753 g/mol. The van der Waals surface area contributed by atoms with Crippen LogP contribution in [-0.2, 0) is 4.31 Å². The van der Waals surface area contributed by atoms with Gasteiger partial charge in [-0.1, -0.05) is 182 Å². The zero-order chi connectivity index (χ0) is 37.8. The molecule has 0 aliphatic carbocycles. The Bertz CT molecular complexity index is 2350. The number of hydrogen-bond acceptors (Lipinski definition) is 3. The zero-order valence-electron chi connectivity index (χ0n) is 31.8. The molecule has 272 valence electrons. The Morgan fingerprint density at radius 1 is 0.309 bits per heavy atom. The van der Waals surface area contributed by atoms with Gasteiger partial charge in [0.2, 0.25) is 0 Å². The second-order valence-corrected chi connectivity index (χ2v) is 20.6. The van der Waals surface area contributed by atoms with Gasteiger partial charge in [0.05, 0.1) is 0 Å². The van der Waals surface area contributed by atoms with Gasteiger partial charge in [-0.05, 0) is 97.0 Å². The van der Waals surface area contributed by atoms with E-state index in [9.17, 15) is 0 Å². The van der Waals surface area contributed by atoms with Crippen molar-refractivity contribution in [3.05, 3.63) is 240 Å². The Hall–Kier alpha value is -5.24. The Labute approximate surface area is 327 Å². The van der Waals surface area contributed by atoms with Crippen LogP contribution in [0.4, 0.5) is 0 Å². The van der Waals surface area contributed by atoms with Gasteiger partial charge in [-0.25, -0.2) is 0 Å². The summed E-state index contributed by atoms with van der Waals surface area (Å²) in [5.74, 6) is 0. The predicted molar refractivity (Wildman–Crippen MR) is 241 cm³/mol. The number of benzene rings is 6. The third-order valence-corrected chi connectivity index (χ3v) is 18.6. The molecule has 0 amide bonds. The van der Waals surface area contributed by atoms with Crippen molar-refractivity contribution in [2.45, 2.75) is 0 Å². The van der Waals surface area contributed by atoms with Crippen LogP contribution >= 0.6 is 14.5 Å². The highest BCUT2D eigenvalue weighted by Gasteiger charge is 2.45. The minimum absolute atomic E-state index is 1.15. The Morgan fingerprint density at radius 3 is 0.836 bits per heavy atom. The maximum Gasteiger partial charge on any atom is 0.113 e. The molecule has 2 aliphatic heterocycles. The first kappa shape index (κ1) is 36.7. The van der Waals surface area contributed by atoms with Gasteiger partial charge in [-0.2, -0.15) is 0 Å². The molecule has 5 heteroatoms. The molecular formula is C50H46N2OP2. The smallest absolute Gasteiger partial charge is 0.113 e. The standard InChI is InChI=1S/C50H46N2OP2/c1-51(2)54(47(41-27-15-7-16-28-41)35-45(39-23-11-5-12-24-39)36-48(54)42-29-17-8-18-30-42)53-55(52(3)4)49(43-31-19-9-20-32-43)37-46(40-25-13-6-14-26-40)38-50(55)44-33-21-10-22-34-44/h5-38H,1-4H3. The van der Waals surface area contributed by atoms with Crippen LogP contribution in [0.2, 0.25) is 0 Å². The summed E-state index contributed by atoms with van der Waals surface area (Å²) in [5.41, 5.74) is 9.29. The van der Waals surface area contributed by atoms with Crippen molar-refractivity contribution < 1.29 is 4.31 Å². The summed E-state index contributed by atoms with van der Waals surface area (Å²) in [7, 11) is 3.00. The van der Waals surface area contributed by atoms with Gasteiger partial charge in [0.1, 0.15) is 14.5 Å². The molecule has 0 saturated carbocycles. The third-order valence-electron chi connectivity index (χ3n) is 10.3. The van der Waals surface area contributed by atoms with E-state index in [1.165, 1.54) is 32.3 Å². The highest BCUT2D eigenvalue weighted by atomic mass is 31.2. The number of allylic oxidation sites excluding steroid dienone is 6. The van der Waals surface area contributed by atoms with Crippen LogP contribution in [0.1, 0.15) is 33.4 Å². The van der Waals surface area contributed by atoms with Crippen molar-refractivity contribution in [1.82, 2.24) is 9.34 Å². The quantitative estimate of drug-likeness (QED) is 0.130. The van der Waals surface area contributed by atoms with E-state index in [2.05, 4.69) is 244 Å². The monoisotopic (exact) mass is 752 g/mol. The van der Waals surface area contributed by atoms with Gasteiger partial charge in [0.25, 0.3) is 0 Å². The van der Waals surface area contributed by atoms with Crippen LogP contribution in [0.3, 0.4) is 0 Å². The maximum absolute atomic E-state index is 8.64. The molecule has 0 N–H and O–H groups in total. The van der Waals surface area contributed by atoms with E-state index in [4.69, 9.17) is 4.31 Å². The highest BCUT2D eigenvalue weighted by Crippen LogP contribution is 2.80. The van der Waals surface area contributed by atoms with Crippen molar-refractivity contribution in [2.24, 2.45) is 0 Å². The SMILES string of the molecule is CN(C)P1(OP2(N(C)C)=C(c3ccccc3)C=C(c3ccccc3)C=C2c2ccccc2)=C(c2ccccc2)C=C(c2ccccc2)C=C1c1ccccc1. The molecule has 0 saturated heterocycles. The van der Waals surface area contributed by atoms with Crippen molar-refractivity contribution in [2.75, 3.05) is 28.2 Å². The van der Waals surface area contributed by atoms with Gasteiger partial charge < -0.3 is 4.31 Å². The largest absolute Gasteiger partial charge is 0.303 e. The topological polar surface area (TPSA) is 15.7 Å². The summed E-state index contributed by atoms with van der Waals surface area (Å²) in [6, 6.07) is 65.0. The fourth-order valence-corrected chi connectivity index (χ4v) is 17.1. The lowest BCUT2D eigenvalue weighted by Crippen LogP contribution is -2.26. The molecule has 2 unspecified atom stereocenters. The lowest BCUT2D eigenvalue weighted by molar-refractivity contribution is 0.524. The van der Waals surface area contributed by atoms with E-state index in [0.29, 0.717) is 0 Å². The van der Waals surface area contributed by atoms with E-state index in [0.717, 1.165) is 33.4 Å². The van der Waals surface area contributed by atoms with E-state index >= 15 is 0 Å². The van der Waals surface area contributed by atoms with Crippen molar-refractivity contribution in [3.8, 4) is 0 Å². The molecule has 3 nitrogen and oxygen atoms in total. The predicted octanol–water partition coefficient (Wildman–Crippen LogP) is 12.5. The van der Waals surface area contributed by atoms with Crippen LogP contribution in [0.25, 0.3) is 21.8 Å². The maximum atomic E-state index is 8.64. The molecule has 0 bridgehead atoms. The molecule has 2 atom stereocenters. The molecule has 8 rings (SSSR count). The summed E-state index contributed by atoms with van der Waals surface area (Å²) >= 11 is 0. The molecule has 0 spiro atoms. The molecule has 6 aromatic rings. The van der Waals surface area contributed by atoms with Crippen molar-refractivity contribution in [1.29, 1.82) is 0 Å². The summed E-state index contributed by atoms with van der Waals surface area (Å²) in [6.45, 7) is 0. The van der Waals surface area contributed by atoms with E-state index in [-0.39, 0.29) is 0 Å². The second-order valence-electron chi connectivity index (χ2n) is 14.2. The van der Waals surface area contributed by atoms with Gasteiger partial charge in [0, 0.05) is 21.2 Å². The first-order chi connectivity index (χ1) is 26.9. The van der Waals surface area contributed by atoms with Crippen LogP contribution in [0.5, 0.6) is 0 Å². The van der Waals surface area contributed by atoms with Crippen molar-refractivity contribution >= 4 is 46.9 Å². The summed E-state index contributed by atoms with van der Waals surface area (Å²) in [5, 5.41) is 4.77. The van der Waals surface area contributed by atoms with Gasteiger partial charge in [-0.15, -0.1) is 0 Å². The fraction of sp³-hybridized carbons (Fsp3) is 0.0800. The average Bonchev–Trinajstić information content (AvgIpc) is 3.25. The lowest BCUT2D eigenvalue weighted by Gasteiger charge is -2.48. The summed E-state index contributed by atoms with van der Waals surface area (Å²) in [6.07, 6.45) is 9.61. The zero-order valence-corrected chi connectivity index (χ0v) is 33.6. The Kier molecular flexibility index (Phi) is 10.6. The van der Waals surface area contributed by atoms with Crippen LogP contribution < -0.4 is 0 Å². The van der Waals surface area contributed by atoms with E-state index in [1.807, 2.05) is 0 Å². The van der Waals surface area contributed by atoms with E-state index in [1.54, 1.807) is 0 Å². The minimum atomic E-state index is -2.93. The van der Waals surface area contributed by atoms with Gasteiger partial charge in [0.15, 0.2) is 0 Å². The van der Waals surface area contributed by atoms with Gasteiger partial charge in [-0.3, -0.25) is 9.34 Å². The molecule has 2 heterocycles. The normalized spacial score (nSPS) is 19.8. The van der Waals surface area contributed by atoms with E-state index < -0.39 is 14.5 Å². The number of nitrogens with zero attached hydrogens (tertiary/aromatic N) is 2. The lowest BCUT2D eigenvalue weighted by atomic mass is 10.0. The Balaban J connectivity index is 1.57. The van der Waals surface area contributed by atoms with Crippen LogP contribution in [-0.4, -0.2) is 48.1 Å². The first-order valence-corrected chi connectivity index (χ1v) is 22.0. The molecule has 55 heavy (non-hydrogen) atoms. The molecule has 0 radical (unpaired) electrons. The number of hydrogen-bond donors (Lipinski definition) is 0. The van der Waals surface area contributed by atoms with Crippen LogP contribution in [0.15, 0.2) is 206 Å². The molecule has 6 aromatic carbocycles. The van der Waals surface area contributed by atoms with Gasteiger partial charge >= 0.3 is 0 Å². The molecule has 2 aliphatic rings. The second kappa shape index (κ2) is 15.9. The van der Waals surface area contributed by atoms with Crippen LogP contribution in [0, 0.1) is 0 Å². The summed E-state index contributed by atoms with van der Waals surface area (Å²) < 4.78 is 13.4. The fourth-order valence-electron chi connectivity index (χ4n) is 7.70. The summed E-state index contributed by atoms with van der Waals surface area (Å²) in [4.78, 5) is 0. The molecule has 0 fully saturated rings. The number of rotatable bonds is 10. The molecule has 0 aromatic heterocycles. The third kappa shape index (κ3) is 6.85. The van der Waals surface area contributed by atoms with Crippen molar-refractivity contribution in [3.63, 3.8) is 0 Å². The molecular weight excluding hydrogens is 707 g/mol.